The maximum atomic E-state index is 12.6. The number of aromatic nitrogens is 2. The molecule has 7 heteroatoms. The first-order chi connectivity index (χ1) is 11.5. The SMILES string of the molecule is Cc1nc2c(NC(=O)c3c(Cl)cccc3Cl)cccn2c1CCO. The Labute approximate surface area is 148 Å². The number of imidazole rings is 1. The second kappa shape index (κ2) is 6.81. The van der Waals surface area contributed by atoms with E-state index in [9.17, 15) is 9.90 Å². The second-order valence-corrected chi connectivity index (χ2v) is 6.10. The zero-order chi connectivity index (χ0) is 17.3. The van der Waals surface area contributed by atoms with Gasteiger partial charge in [-0.25, -0.2) is 4.98 Å². The molecule has 2 aromatic heterocycles. The Morgan fingerprint density at radius 1 is 1.25 bits per heavy atom. The molecule has 1 amide bonds. The predicted molar refractivity (Wildman–Crippen MR) is 95.1 cm³/mol. The van der Waals surface area contributed by atoms with Crippen LogP contribution >= 0.6 is 23.2 Å². The minimum absolute atomic E-state index is 0.0282. The summed E-state index contributed by atoms with van der Waals surface area (Å²) in [5, 5.41) is 12.6. The number of amides is 1. The van der Waals surface area contributed by atoms with E-state index in [4.69, 9.17) is 23.2 Å². The fourth-order valence-electron chi connectivity index (χ4n) is 2.63. The molecule has 3 rings (SSSR count). The fraction of sp³-hybridized carbons (Fsp3) is 0.176. The number of nitrogens with zero attached hydrogens (tertiary/aromatic N) is 2. The third-order valence-electron chi connectivity index (χ3n) is 3.74. The van der Waals surface area contributed by atoms with Crippen molar-refractivity contribution in [3.05, 3.63) is 63.5 Å². The summed E-state index contributed by atoms with van der Waals surface area (Å²) in [4.78, 5) is 17.1. The molecular formula is C17H15Cl2N3O2. The van der Waals surface area contributed by atoms with Gasteiger partial charge in [0, 0.05) is 24.9 Å². The van der Waals surface area contributed by atoms with Crippen molar-refractivity contribution in [1.82, 2.24) is 9.38 Å². The van der Waals surface area contributed by atoms with E-state index in [1.165, 1.54) is 0 Å². The Kier molecular flexibility index (Phi) is 4.76. The summed E-state index contributed by atoms with van der Waals surface area (Å²) < 4.78 is 1.86. The monoisotopic (exact) mass is 363 g/mol. The van der Waals surface area contributed by atoms with Crippen LogP contribution in [0.3, 0.4) is 0 Å². The molecule has 0 atom stereocenters. The highest BCUT2D eigenvalue weighted by atomic mass is 35.5. The van der Waals surface area contributed by atoms with Crippen LogP contribution < -0.4 is 5.32 Å². The molecular weight excluding hydrogens is 349 g/mol. The third kappa shape index (κ3) is 2.98. The molecule has 0 radical (unpaired) electrons. The summed E-state index contributed by atoms with van der Waals surface area (Å²) in [6.07, 6.45) is 2.33. The average molecular weight is 364 g/mol. The van der Waals surface area contributed by atoms with Crippen molar-refractivity contribution in [2.45, 2.75) is 13.3 Å². The zero-order valence-corrected chi connectivity index (χ0v) is 14.4. The van der Waals surface area contributed by atoms with Crippen LogP contribution in [0.1, 0.15) is 21.7 Å². The van der Waals surface area contributed by atoms with Crippen LogP contribution in [0.4, 0.5) is 5.69 Å². The van der Waals surface area contributed by atoms with E-state index in [1.54, 1.807) is 30.3 Å². The lowest BCUT2D eigenvalue weighted by Gasteiger charge is -2.09. The Hall–Kier alpha value is -2.08. The van der Waals surface area contributed by atoms with Crippen LogP contribution in [-0.4, -0.2) is 27.0 Å². The van der Waals surface area contributed by atoms with E-state index < -0.39 is 5.91 Å². The predicted octanol–water partition coefficient (Wildman–Crippen LogP) is 3.74. The van der Waals surface area contributed by atoms with Gasteiger partial charge in [-0.2, -0.15) is 0 Å². The highest BCUT2D eigenvalue weighted by molar-refractivity contribution is 6.40. The summed E-state index contributed by atoms with van der Waals surface area (Å²) in [6.45, 7) is 1.90. The van der Waals surface area contributed by atoms with Crippen molar-refractivity contribution in [3.8, 4) is 0 Å². The molecule has 0 saturated carbocycles. The van der Waals surface area contributed by atoms with Gasteiger partial charge in [-0.05, 0) is 31.2 Å². The molecule has 0 fully saturated rings. The quantitative estimate of drug-likeness (QED) is 0.741. The van der Waals surface area contributed by atoms with Crippen LogP contribution in [0.2, 0.25) is 10.0 Å². The molecule has 0 aliphatic rings. The first kappa shape index (κ1) is 16.8. The number of anilines is 1. The third-order valence-corrected chi connectivity index (χ3v) is 4.37. The van der Waals surface area contributed by atoms with E-state index in [0.717, 1.165) is 11.4 Å². The van der Waals surface area contributed by atoms with Gasteiger partial charge in [0.2, 0.25) is 0 Å². The van der Waals surface area contributed by atoms with Gasteiger partial charge in [0.05, 0.1) is 27.0 Å². The topological polar surface area (TPSA) is 66.6 Å². The summed E-state index contributed by atoms with van der Waals surface area (Å²) in [5.74, 6) is -0.400. The van der Waals surface area contributed by atoms with Gasteiger partial charge in [-0.15, -0.1) is 0 Å². The normalized spacial score (nSPS) is 11.0. The van der Waals surface area contributed by atoms with Crippen LogP contribution in [0.5, 0.6) is 0 Å². The minimum atomic E-state index is -0.400. The van der Waals surface area contributed by atoms with Crippen molar-refractivity contribution in [2.75, 3.05) is 11.9 Å². The van der Waals surface area contributed by atoms with E-state index in [1.807, 2.05) is 17.5 Å². The molecule has 0 bridgehead atoms. The number of halogens is 2. The molecule has 0 aliphatic carbocycles. The van der Waals surface area contributed by atoms with Crippen LogP contribution in [0, 0.1) is 6.92 Å². The number of aliphatic hydroxyl groups is 1. The standard InChI is InChI=1S/C17H15Cl2N3O2/c1-10-14(7-9-23)22-8-3-6-13(16(22)20-10)21-17(24)15-11(18)4-2-5-12(15)19/h2-6,8,23H,7,9H2,1H3,(H,21,24). The molecule has 0 aliphatic heterocycles. The van der Waals surface area contributed by atoms with E-state index in [0.29, 0.717) is 17.8 Å². The van der Waals surface area contributed by atoms with Crippen molar-refractivity contribution in [1.29, 1.82) is 0 Å². The maximum absolute atomic E-state index is 12.6. The van der Waals surface area contributed by atoms with Gasteiger partial charge in [-0.3, -0.25) is 4.79 Å². The number of hydrogen-bond donors (Lipinski definition) is 2. The van der Waals surface area contributed by atoms with Crippen LogP contribution in [0.15, 0.2) is 36.5 Å². The lowest BCUT2D eigenvalue weighted by atomic mass is 10.2. The van der Waals surface area contributed by atoms with Crippen LogP contribution in [-0.2, 0) is 6.42 Å². The summed E-state index contributed by atoms with van der Waals surface area (Å²) in [7, 11) is 0. The van der Waals surface area contributed by atoms with Crippen molar-refractivity contribution in [2.24, 2.45) is 0 Å². The molecule has 0 unspecified atom stereocenters. The number of aryl methyl sites for hydroxylation is 1. The molecule has 2 N–H and O–H groups in total. The van der Waals surface area contributed by atoms with E-state index >= 15 is 0 Å². The second-order valence-electron chi connectivity index (χ2n) is 5.28. The number of benzene rings is 1. The lowest BCUT2D eigenvalue weighted by molar-refractivity contribution is 0.102. The number of rotatable bonds is 4. The minimum Gasteiger partial charge on any atom is -0.396 e. The molecule has 124 valence electrons. The molecule has 0 saturated heterocycles. The number of hydrogen-bond acceptors (Lipinski definition) is 3. The summed E-state index contributed by atoms with van der Waals surface area (Å²) in [5.41, 5.74) is 3.09. The highest BCUT2D eigenvalue weighted by Crippen LogP contribution is 2.26. The highest BCUT2D eigenvalue weighted by Gasteiger charge is 2.17. The number of aliphatic hydroxyl groups excluding tert-OH is 1. The molecule has 2 heterocycles. The molecule has 24 heavy (non-hydrogen) atoms. The fourth-order valence-corrected chi connectivity index (χ4v) is 3.20. The zero-order valence-electron chi connectivity index (χ0n) is 12.9. The Balaban J connectivity index is 2.02. The molecule has 1 aromatic carbocycles. The summed E-state index contributed by atoms with van der Waals surface area (Å²) >= 11 is 12.2. The first-order valence-corrected chi connectivity index (χ1v) is 8.11. The Morgan fingerprint density at radius 2 is 1.96 bits per heavy atom. The van der Waals surface area contributed by atoms with Gasteiger partial charge in [0.1, 0.15) is 0 Å². The van der Waals surface area contributed by atoms with Gasteiger partial charge in [-0.1, -0.05) is 29.3 Å². The number of carbonyl (C=O) groups is 1. The number of carbonyl (C=O) groups excluding carboxylic acids is 1. The molecule has 5 nitrogen and oxygen atoms in total. The molecule has 0 spiro atoms. The van der Waals surface area contributed by atoms with Gasteiger partial charge in [0.15, 0.2) is 5.65 Å². The number of pyridine rings is 1. The van der Waals surface area contributed by atoms with E-state index in [2.05, 4.69) is 10.3 Å². The first-order valence-electron chi connectivity index (χ1n) is 7.35. The number of nitrogens with one attached hydrogen (secondary N) is 1. The Bertz CT molecular complexity index is 901. The van der Waals surface area contributed by atoms with Crippen LogP contribution in [0.25, 0.3) is 5.65 Å². The summed E-state index contributed by atoms with van der Waals surface area (Å²) in [6, 6.07) is 8.47. The Morgan fingerprint density at radius 3 is 2.62 bits per heavy atom. The van der Waals surface area contributed by atoms with Crippen molar-refractivity contribution < 1.29 is 9.90 Å². The molecule has 3 aromatic rings. The van der Waals surface area contributed by atoms with Gasteiger partial charge in [0.25, 0.3) is 5.91 Å². The lowest BCUT2D eigenvalue weighted by Crippen LogP contribution is -2.14. The van der Waals surface area contributed by atoms with E-state index in [-0.39, 0.29) is 22.2 Å². The van der Waals surface area contributed by atoms with Crippen molar-refractivity contribution in [3.63, 3.8) is 0 Å². The number of fused-ring (bicyclic) bond motifs is 1. The van der Waals surface area contributed by atoms with Gasteiger partial charge >= 0.3 is 0 Å². The largest absolute Gasteiger partial charge is 0.396 e. The van der Waals surface area contributed by atoms with Crippen molar-refractivity contribution >= 4 is 40.4 Å². The smallest absolute Gasteiger partial charge is 0.258 e. The van der Waals surface area contributed by atoms with Gasteiger partial charge < -0.3 is 14.8 Å². The average Bonchev–Trinajstić information content (AvgIpc) is 2.85. The maximum Gasteiger partial charge on any atom is 0.258 e.